The topological polar surface area (TPSA) is 76.8 Å². The van der Waals surface area contributed by atoms with Crippen molar-refractivity contribution in [1.29, 1.82) is 0 Å². The minimum Gasteiger partial charge on any atom is -0.339 e. The van der Waals surface area contributed by atoms with E-state index in [0.717, 1.165) is 12.1 Å². The number of carbonyl (C=O) groups is 1. The first-order valence-corrected chi connectivity index (χ1v) is 7.06. The summed E-state index contributed by atoms with van der Waals surface area (Å²) in [7, 11) is 1.72. The summed E-state index contributed by atoms with van der Waals surface area (Å²) >= 11 is 0. The second kappa shape index (κ2) is 6.43. The van der Waals surface area contributed by atoms with Crippen molar-refractivity contribution in [2.75, 3.05) is 13.6 Å². The molecular formula is C14H20N6O. The van der Waals surface area contributed by atoms with Crippen molar-refractivity contribution in [1.82, 2.24) is 29.6 Å². The van der Waals surface area contributed by atoms with E-state index in [1.54, 1.807) is 24.3 Å². The lowest BCUT2D eigenvalue weighted by Gasteiger charge is -2.12. The smallest absolute Gasteiger partial charge is 0.293 e. The van der Waals surface area contributed by atoms with Gasteiger partial charge >= 0.3 is 0 Å². The summed E-state index contributed by atoms with van der Waals surface area (Å²) in [6.07, 6.45) is 5.73. The molecule has 0 aliphatic heterocycles. The molecule has 112 valence electrons. The van der Waals surface area contributed by atoms with Gasteiger partial charge in [-0.15, -0.1) is 5.10 Å². The Labute approximate surface area is 124 Å². The maximum absolute atomic E-state index is 12.0. The lowest BCUT2D eigenvalue weighted by atomic mass is 10.1. The van der Waals surface area contributed by atoms with Crippen molar-refractivity contribution in [2.45, 2.75) is 33.1 Å². The summed E-state index contributed by atoms with van der Waals surface area (Å²) < 4.78 is 1.52. The number of amides is 1. The zero-order valence-electron chi connectivity index (χ0n) is 12.8. The summed E-state index contributed by atoms with van der Waals surface area (Å²) in [5.41, 5.74) is 0.854. The van der Waals surface area contributed by atoms with Gasteiger partial charge in [0.25, 0.3) is 5.91 Å². The maximum atomic E-state index is 12.0. The molecule has 2 rings (SSSR count). The normalized spacial score (nSPS) is 12.2. The number of rotatable bonds is 5. The molecule has 0 saturated heterocycles. The molecule has 0 saturated carbocycles. The molecule has 0 fully saturated rings. The molecule has 2 aromatic heterocycles. The van der Waals surface area contributed by atoms with E-state index in [2.05, 4.69) is 33.9 Å². The van der Waals surface area contributed by atoms with Crippen molar-refractivity contribution in [3.05, 3.63) is 30.2 Å². The summed E-state index contributed by atoms with van der Waals surface area (Å²) in [5, 5.41) is 4.24. The Hall–Kier alpha value is -2.31. The fraction of sp³-hybridized carbons (Fsp3) is 0.500. The Morgan fingerprint density at radius 3 is 2.67 bits per heavy atom. The van der Waals surface area contributed by atoms with Crippen molar-refractivity contribution in [3.8, 4) is 5.82 Å². The van der Waals surface area contributed by atoms with Gasteiger partial charge in [-0.25, -0.2) is 14.6 Å². The molecule has 0 bridgehead atoms. The molecule has 0 spiro atoms. The predicted octanol–water partition coefficient (Wildman–Crippen LogP) is 1.66. The number of hydrogen-bond acceptors (Lipinski definition) is 5. The molecule has 0 aromatic carbocycles. The molecule has 1 atom stereocenters. The third-order valence-corrected chi connectivity index (χ3v) is 3.51. The monoisotopic (exact) mass is 288 g/mol. The van der Waals surface area contributed by atoms with Crippen LogP contribution in [0.25, 0.3) is 5.82 Å². The summed E-state index contributed by atoms with van der Waals surface area (Å²) in [6, 6.07) is 0. The van der Waals surface area contributed by atoms with Crippen LogP contribution < -0.4 is 0 Å². The molecule has 1 unspecified atom stereocenters. The van der Waals surface area contributed by atoms with Crippen molar-refractivity contribution in [2.24, 2.45) is 0 Å². The number of carbonyl (C=O) groups excluding carboxylic acids is 1. The Morgan fingerprint density at radius 1 is 1.29 bits per heavy atom. The zero-order valence-corrected chi connectivity index (χ0v) is 12.8. The van der Waals surface area contributed by atoms with Gasteiger partial charge in [-0.1, -0.05) is 13.8 Å². The maximum Gasteiger partial charge on any atom is 0.293 e. The van der Waals surface area contributed by atoms with E-state index in [9.17, 15) is 4.79 Å². The average Bonchev–Trinajstić information content (AvgIpc) is 3.02. The molecule has 7 heteroatoms. The highest BCUT2D eigenvalue weighted by atomic mass is 16.2. The number of aromatic nitrogens is 5. The van der Waals surface area contributed by atoms with Gasteiger partial charge in [-0.2, -0.15) is 0 Å². The van der Waals surface area contributed by atoms with Crippen LogP contribution in [0.5, 0.6) is 0 Å². The molecule has 0 N–H and O–H groups in total. The summed E-state index contributed by atoms with van der Waals surface area (Å²) in [4.78, 5) is 26.4. The molecular weight excluding hydrogens is 268 g/mol. The first-order valence-electron chi connectivity index (χ1n) is 7.06. The van der Waals surface area contributed by atoms with Gasteiger partial charge < -0.3 is 4.90 Å². The van der Waals surface area contributed by atoms with Crippen LogP contribution >= 0.6 is 0 Å². The minimum atomic E-state index is -0.203. The quantitative estimate of drug-likeness (QED) is 0.836. The Bertz CT molecular complexity index is 623. The lowest BCUT2D eigenvalue weighted by molar-refractivity contribution is 0.0790. The van der Waals surface area contributed by atoms with E-state index in [1.807, 2.05) is 6.92 Å². The van der Waals surface area contributed by atoms with Gasteiger partial charge in [0.2, 0.25) is 5.82 Å². The minimum absolute atomic E-state index is 0.167. The SMILES string of the molecule is CCC(C)c1nccnc1-n1cnc(C(=O)N(C)CC)n1. The number of nitrogens with zero attached hydrogens (tertiary/aromatic N) is 6. The van der Waals surface area contributed by atoms with Crippen molar-refractivity contribution < 1.29 is 4.79 Å². The van der Waals surface area contributed by atoms with E-state index in [1.165, 1.54) is 11.0 Å². The first kappa shape index (κ1) is 15.1. The molecule has 1 amide bonds. The van der Waals surface area contributed by atoms with Crippen molar-refractivity contribution in [3.63, 3.8) is 0 Å². The van der Waals surface area contributed by atoms with Crippen LogP contribution in [0.15, 0.2) is 18.7 Å². The van der Waals surface area contributed by atoms with Gasteiger partial charge in [-0.05, 0) is 13.3 Å². The fourth-order valence-electron chi connectivity index (χ4n) is 1.84. The highest BCUT2D eigenvalue weighted by Crippen LogP contribution is 2.20. The Kier molecular flexibility index (Phi) is 4.62. The van der Waals surface area contributed by atoms with E-state index in [-0.39, 0.29) is 17.6 Å². The molecule has 0 radical (unpaired) electrons. The van der Waals surface area contributed by atoms with Crippen LogP contribution in [0.1, 0.15) is 49.4 Å². The van der Waals surface area contributed by atoms with Crippen LogP contribution in [0.3, 0.4) is 0 Å². The summed E-state index contributed by atoms with van der Waals surface area (Å²) in [5.74, 6) is 0.846. The Morgan fingerprint density at radius 2 is 2.00 bits per heavy atom. The third kappa shape index (κ3) is 3.07. The van der Waals surface area contributed by atoms with E-state index in [4.69, 9.17) is 0 Å². The van der Waals surface area contributed by atoms with Crippen LogP contribution in [0, 0.1) is 0 Å². The molecule has 7 nitrogen and oxygen atoms in total. The summed E-state index contributed by atoms with van der Waals surface area (Å²) in [6.45, 7) is 6.69. The standard InChI is InChI=1S/C14H20N6O/c1-5-10(3)11-13(16-8-7-15-11)20-9-17-12(18-20)14(21)19(4)6-2/h7-10H,5-6H2,1-4H3. The predicted molar refractivity (Wildman–Crippen MR) is 78.3 cm³/mol. The van der Waals surface area contributed by atoms with Gasteiger partial charge in [-0.3, -0.25) is 9.78 Å². The highest BCUT2D eigenvalue weighted by molar-refractivity contribution is 5.90. The molecule has 2 aromatic rings. The van der Waals surface area contributed by atoms with Gasteiger partial charge in [0.15, 0.2) is 5.82 Å². The fourth-order valence-corrected chi connectivity index (χ4v) is 1.84. The van der Waals surface area contributed by atoms with Crippen LogP contribution in [-0.2, 0) is 0 Å². The zero-order chi connectivity index (χ0) is 15.4. The molecule has 2 heterocycles. The average molecular weight is 288 g/mol. The van der Waals surface area contributed by atoms with E-state index >= 15 is 0 Å². The lowest BCUT2D eigenvalue weighted by Crippen LogP contribution is -2.27. The van der Waals surface area contributed by atoms with E-state index < -0.39 is 0 Å². The van der Waals surface area contributed by atoms with Crippen LogP contribution in [-0.4, -0.2) is 49.1 Å². The van der Waals surface area contributed by atoms with E-state index in [0.29, 0.717) is 12.4 Å². The van der Waals surface area contributed by atoms with Crippen LogP contribution in [0.2, 0.25) is 0 Å². The number of hydrogen-bond donors (Lipinski definition) is 0. The second-order valence-corrected chi connectivity index (χ2v) is 4.91. The van der Waals surface area contributed by atoms with Gasteiger partial charge in [0.05, 0.1) is 5.69 Å². The molecule has 21 heavy (non-hydrogen) atoms. The highest BCUT2D eigenvalue weighted by Gasteiger charge is 2.18. The Balaban J connectivity index is 2.36. The largest absolute Gasteiger partial charge is 0.339 e. The van der Waals surface area contributed by atoms with Gasteiger partial charge in [0.1, 0.15) is 6.33 Å². The van der Waals surface area contributed by atoms with Crippen molar-refractivity contribution >= 4 is 5.91 Å². The third-order valence-electron chi connectivity index (χ3n) is 3.51. The molecule has 0 aliphatic carbocycles. The van der Waals surface area contributed by atoms with Gasteiger partial charge in [0, 0.05) is 31.9 Å². The second-order valence-electron chi connectivity index (χ2n) is 4.91. The first-order chi connectivity index (χ1) is 10.1. The molecule has 0 aliphatic rings. The van der Waals surface area contributed by atoms with Crippen LogP contribution in [0.4, 0.5) is 0 Å².